The Hall–Kier alpha value is -1.57. The molecular formula is C8H10F3NO4. The van der Waals surface area contributed by atoms with Gasteiger partial charge >= 0.3 is 18.1 Å². The lowest BCUT2D eigenvalue weighted by atomic mass is 10.3. The van der Waals surface area contributed by atoms with Crippen molar-refractivity contribution >= 4 is 11.9 Å². The van der Waals surface area contributed by atoms with E-state index in [1.54, 1.807) is 0 Å². The van der Waals surface area contributed by atoms with Gasteiger partial charge in [-0.25, -0.2) is 4.79 Å². The standard InChI is InChI=1S/C8H10F3NO4/c1-2-3-16-4-5(6(13)14)12-7(15)8(9,10)11/h2,5H,1,3-4H2,(H,12,15)(H,13,14)/t5-/m0/s1. The largest absolute Gasteiger partial charge is 0.480 e. The van der Waals surface area contributed by atoms with Gasteiger partial charge in [-0.05, 0) is 0 Å². The van der Waals surface area contributed by atoms with Gasteiger partial charge in [0.2, 0.25) is 0 Å². The Balaban J connectivity index is 4.29. The monoisotopic (exact) mass is 241 g/mol. The molecule has 0 bridgehead atoms. The summed E-state index contributed by atoms with van der Waals surface area (Å²) in [6.45, 7) is 2.67. The van der Waals surface area contributed by atoms with Gasteiger partial charge < -0.3 is 15.2 Å². The van der Waals surface area contributed by atoms with E-state index in [2.05, 4.69) is 11.3 Å². The predicted molar refractivity (Wildman–Crippen MR) is 46.6 cm³/mol. The first kappa shape index (κ1) is 14.4. The van der Waals surface area contributed by atoms with Crippen LogP contribution in [0, 0.1) is 0 Å². The zero-order valence-corrected chi connectivity index (χ0v) is 8.08. The van der Waals surface area contributed by atoms with Gasteiger partial charge in [-0.1, -0.05) is 6.08 Å². The topological polar surface area (TPSA) is 75.6 Å². The van der Waals surface area contributed by atoms with E-state index in [0.717, 1.165) is 0 Å². The van der Waals surface area contributed by atoms with Crippen LogP contribution in [0.15, 0.2) is 12.7 Å². The molecule has 0 saturated heterocycles. The molecule has 0 aromatic rings. The highest BCUT2D eigenvalue weighted by molar-refractivity contribution is 5.86. The van der Waals surface area contributed by atoms with Crippen molar-refractivity contribution in [3.8, 4) is 0 Å². The molecule has 0 heterocycles. The molecule has 0 saturated carbocycles. The molecule has 1 amide bonds. The third-order valence-corrected chi connectivity index (χ3v) is 1.38. The van der Waals surface area contributed by atoms with E-state index in [0.29, 0.717) is 0 Å². The summed E-state index contributed by atoms with van der Waals surface area (Å²) in [4.78, 5) is 20.9. The number of carbonyl (C=O) groups excluding carboxylic acids is 1. The van der Waals surface area contributed by atoms with Gasteiger partial charge in [-0.2, -0.15) is 13.2 Å². The zero-order valence-electron chi connectivity index (χ0n) is 8.08. The molecule has 0 unspecified atom stereocenters. The molecule has 0 spiro atoms. The molecule has 0 aromatic heterocycles. The van der Waals surface area contributed by atoms with Crippen molar-refractivity contribution < 1.29 is 32.6 Å². The van der Waals surface area contributed by atoms with E-state index in [-0.39, 0.29) is 6.61 Å². The highest BCUT2D eigenvalue weighted by Gasteiger charge is 2.40. The van der Waals surface area contributed by atoms with Crippen LogP contribution in [0.2, 0.25) is 0 Å². The van der Waals surface area contributed by atoms with Gasteiger partial charge in [0.25, 0.3) is 0 Å². The summed E-state index contributed by atoms with van der Waals surface area (Å²) in [5.74, 6) is -3.93. The average molecular weight is 241 g/mol. The zero-order chi connectivity index (χ0) is 12.8. The van der Waals surface area contributed by atoms with Crippen LogP contribution in [-0.2, 0) is 14.3 Å². The van der Waals surface area contributed by atoms with Crippen molar-refractivity contribution in [2.75, 3.05) is 13.2 Å². The number of alkyl halides is 3. The molecule has 5 nitrogen and oxygen atoms in total. The van der Waals surface area contributed by atoms with E-state index < -0.39 is 30.7 Å². The van der Waals surface area contributed by atoms with Crippen LogP contribution in [0.4, 0.5) is 13.2 Å². The number of carboxylic acids is 1. The van der Waals surface area contributed by atoms with Crippen LogP contribution in [0.1, 0.15) is 0 Å². The van der Waals surface area contributed by atoms with E-state index in [1.807, 2.05) is 0 Å². The smallest absolute Gasteiger partial charge is 0.471 e. The minimum Gasteiger partial charge on any atom is -0.480 e. The average Bonchev–Trinajstić information content (AvgIpc) is 2.14. The first-order valence-electron chi connectivity index (χ1n) is 4.08. The molecule has 0 fully saturated rings. The maximum Gasteiger partial charge on any atom is 0.471 e. The van der Waals surface area contributed by atoms with E-state index in [1.165, 1.54) is 11.4 Å². The summed E-state index contributed by atoms with van der Waals surface area (Å²) < 4.78 is 40.0. The lowest BCUT2D eigenvalue weighted by molar-refractivity contribution is -0.176. The molecule has 0 aliphatic carbocycles. The molecule has 92 valence electrons. The van der Waals surface area contributed by atoms with E-state index in [9.17, 15) is 22.8 Å². The minimum absolute atomic E-state index is 0.0222. The summed E-state index contributed by atoms with van der Waals surface area (Å²) >= 11 is 0. The second-order valence-corrected chi connectivity index (χ2v) is 2.69. The van der Waals surface area contributed by atoms with Gasteiger partial charge in [0, 0.05) is 0 Å². The highest BCUT2D eigenvalue weighted by Crippen LogP contribution is 2.14. The van der Waals surface area contributed by atoms with E-state index in [4.69, 9.17) is 5.11 Å². The minimum atomic E-state index is -5.12. The molecule has 1 atom stereocenters. The fourth-order valence-electron chi connectivity index (χ4n) is 0.684. The number of hydrogen-bond acceptors (Lipinski definition) is 3. The van der Waals surface area contributed by atoms with Gasteiger partial charge in [-0.15, -0.1) is 6.58 Å². The summed E-state index contributed by atoms with van der Waals surface area (Å²) in [7, 11) is 0. The maximum absolute atomic E-state index is 11.8. The molecular weight excluding hydrogens is 231 g/mol. The van der Waals surface area contributed by atoms with Crippen LogP contribution in [0.5, 0.6) is 0 Å². The first-order chi connectivity index (χ1) is 7.29. The van der Waals surface area contributed by atoms with Crippen LogP contribution in [0.3, 0.4) is 0 Å². The second-order valence-electron chi connectivity index (χ2n) is 2.69. The SMILES string of the molecule is C=CCOC[C@H](NC(=O)C(F)(F)F)C(=O)O. The summed E-state index contributed by atoms with van der Waals surface area (Å²) in [6.07, 6.45) is -3.82. The van der Waals surface area contributed by atoms with Crippen LogP contribution >= 0.6 is 0 Å². The van der Waals surface area contributed by atoms with Gasteiger partial charge in [0.05, 0.1) is 13.2 Å². The maximum atomic E-state index is 11.8. The van der Waals surface area contributed by atoms with Crippen LogP contribution < -0.4 is 5.32 Å². The Morgan fingerprint density at radius 1 is 1.50 bits per heavy atom. The fourth-order valence-corrected chi connectivity index (χ4v) is 0.684. The highest BCUT2D eigenvalue weighted by atomic mass is 19.4. The van der Waals surface area contributed by atoms with Crippen molar-refractivity contribution in [1.29, 1.82) is 0 Å². The molecule has 16 heavy (non-hydrogen) atoms. The lowest BCUT2D eigenvalue weighted by Crippen LogP contribution is -2.49. The molecule has 0 radical (unpaired) electrons. The number of amides is 1. The summed E-state index contributed by atoms with van der Waals surface area (Å²) in [6, 6.07) is -1.74. The Bertz CT molecular complexity index is 277. The fraction of sp³-hybridized carbons (Fsp3) is 0.500. The number of aliphatic carboxylic acids is 1. The third-order valence-electron chi connectivity index (χ3n) is 1.38. The number of rotatable bonds is 6. The molecule has 0 aliphatic rings. The number of nitrogens with one attached hydrogen (secondary N) is 1. The number of hydrogen-bond donors (Lipinski definition) is 2. The number of ether oxygens (including phenoxy) is 1. The Morgan fingerprint density at radius 2 is 2.06 bits per heavy atom. The van der Waals surface area contributed by atoms with Crippen LogP contribution in [0.25, 0.3) is 0 Å². The number of carboxylic acid groups (broad SMARTS) is 1. The third kappa shape index (κ3) is 5.35. The molecule has 0 rings (SSSR count). The molecule has 0 aromatic carbocycles. The Kier molecular flexibility index (Phi) is 5.51. The van der Waals surface area contributed by atoms with Gasteiger partial charge in [-0.3, -0.25) is 4.79 Å². The van der Waals surface area contributed by atoms with Crippen molar-refractivity contribution in [3.63, 3.8) is 0 Å². The van der Waals surface area contributed by atoms with Crippen LogP contribution in [-0.4, -0.2) is 42.4 Å². The Labute approximate surface area is 88.9 Å². The predicted octanol–water partition coefficient (Wildman–Crippen LogP) is 0.321. The summed E-state index contributed by atoms with van der Waals surface area (Å²) in [5.41, 5.74) is 0. The lowest BCUT2D eigenvalue weighted by Gasteiger charge is -2.15. The summed E-state index contributed by atoms with van der Waals surface area (Å²) in [5, 5.41) is 9.79. The van der Waals surface area contributed by atoms with E-state index >= 15 is 0 Å². The van der Waals surface area contributed by atoms with Gasteiger partial charge in [0.1, 0.15) is 0 Å². The molecule has 8 heteroatoms. The van der Waals surface area contributed by atoms with Crippen molar-refractivity contribution in [2.45, 2.75) is 12.2 Å². The normalized spacial score (nSPS) is 12.9. The number of carbonyl (C=O) groups is 2. The van der Waals surface area contributed by atoms with Gasteiger partial charge in [0.15, 0.2) is 6.04 Å². The van der Waals surface area contributed by atoms with Crippen molar-refractivity contribution in [3.05, 3.63) is 12.7 Å². The Morgan fingerprint density at radius 3 is 2.44 bits per heavy atom. The van der Waals surface area contributed by atoms with Crippen molar-refractivity contribution in [1.82, 2.24) is 5.32 Å². The second kappa shape index (κ2) is 6.11. The molecule has 2 N–H and O–H groups in total. The van der Waals surface area contributed by atoms with Crippen molar-refractivity contribution in [2.24, 2.45) is 0 Å². The molecule has 0 aliphatic heterocycles. The number of halogens is 3. The quantitative estimate of drug-likeness (QED) is 0.518. The first-order valence-corrected chi connectivity index (χ1v) is 4.08.